The molecule has 88 valence electrons. The summed E-state index contributed by atoms with van der Waals surface area (Å²) in [7, 11) is 0. The molecule has 2 aromatic rings. The van der Waals surface area contributed by atoms with E-state index >= 15 is 0 Å². The van der Waals surface area contributed by atoms with Crippen molar-refractivity contribution in [2.75, 3.05) is 11.2 Å². The summed E-state index contributed by atoms with van der Waals surface area (Å²) < 4.78 is 14.1. The van der Waals surface area contributed by atoms with Crippen molar-refractivity contribution in [2.45, 2.75) is 0 Å². The lowest BCUT2D eigenvalue weighted by Gasteiger charge is -2.09. The minimum absolute atomic E-state index is 0.0133. The number of hydrogen-bond acceptors (Lipinski definition) is 5. The van der Waals surface area contributed by atoms with Crippen LogP contribution >= 0.6 is 15.9 Å². The van der Waals surface area contributed by atoms with Crippen LogP contribution in [0.1, 0.15) is 0 Å². The van der Waals surface area contributed by atoms with Crippen LogP contribution in [0.25, 0.3) is 11.3 Å². The van der Waals surface area contributed by atoms with Crippen molar-refractivity contribution in [1.82, 2.24) is 9.97 Å². The van der Waals surface area contributed by atoms with Gasteiger partial charge in [0.15, 0.2) is 5.82 Å². The van der Waals surface area contributed by atoms with Crippen molar-refractivity contribution in [3.8, 4) is 11.3 Å². The highest BCUT2D eigenvalue weighted by atomic mass is 79.9. The molecular weight excluding hydrogens is 289 g/mol. The van der Waals surface area contributed by atoms with E-state index in [9.17, 15) is 4.39 Å². The number of nitrogens with one attached hydrogen (secondary N) is 1. The fraction of sp³-hybridized carbons (Fsp3) is 0. The summed E-state index contributed by atoms with van der Waals surface area (Å²) in [5.41, 5.74) is 8.57. The quantitative estimate of drug-likeness (QED) is 0.582. The minimum atomic E-state index is -0.394. The van der Waals surface area contributed by atoms with Crippen LogP contribution in [0.5, 0.6) is 0 Å². The lowest BCUT2D eigenvalue weighted by molar-refractivity contribution is 0.630. The average Bonchev–Trinajstić information content (AvgIpc) is 2.32. The van der Waals surface area contributed by atoms with Gasteiger partial charge in [-0.3, -0.25) is 0 Å². The van der Waals surface area contributed by atoms with Gasteiger partial charge in [-0.25, -0.2) is 15.2 Å². The van der Waals surface area contributed by atoms with Crippen LogP contribution < -0.4 is 17.0 Å². The van der Waals surface area contributed by atoms with E-state index in [4.69, 9.17) is 11.6 Å². The molecule has 0 bridgehead atoms. The van der Waals surface area contributed by atoms with Crippen molar-refractivity contribution in [1.29, 1.82) is 0 Å². The largest absolute Gasteiger partial charge is 0.368 e. The molecule has 0 fully saturated rings. The zero-order chi connectivity index (χ0) is 12.4. The number of benzene rings is 1. The summed E-state index contributed by atoms with van der Waals surface area (Å²) in [6.07, 6.45) is 0. The maximum absolute atomic E-state index is 13.6. The fourth-order valence-corrected chi connectivity index (χ4v) is 1.90. The van der Waals surface area contributed by atoms with Gasteiger partial charge in [0, 0.05) is 5.56 Å². The van der Waals surface area contributed by atoms with E-state index in [-0.39, 0.29) is 5.95 Å². The Hall–Kier alpha value is -1.73. The van der Waals surface area contributed by atoms with E-state index in [1.54, 1.807) is 18.2 Å². The van der Waals surface area contributed by atoms with Crippen LogP contribution in [0.4, 0.5) is 16.2 Å². The van der Waals surface area contributed by atoms with Crippen LogP contribution in [0.3, 0.4) is 0 Å². The van der Waals surface area contributed by atoms with Gasteiger partial charge in [0.1, 0.15) is 5.82 Å². The van der Waals surface area contributed by atoms with Gasteiger partial charge in [0.2, 0.25) is 5.95 Å². The molecule has 1 heterocycles. The summed E-state index contributed by atoms with van der Waals surface area (Å²) in [5, 5.41) is 0. The topological polar surface area (TPSA) is 89.8 Å². The van der Waals surface area contributed by atoms with Gasteiger partial charge in [-0.2, -0.15) is 4.98 Å². The predicted octanol–water partition coefficient (Wildman–Crippen LogP) is 1.91. The van der Waals surface area contributed by atoms with E-state index in [0.717, 1.165) is 0 Å². The number of hydrogen-bond donors (Lipinski definition) is 3. The Balaban J connectivity index is 2.67. The monoisotopic (exact) mass is 297 g/mol. The van der Waals surface area contributed by atoms with Crippen LogP contribution in [-0.2, 0) is 0 Å². The van der Waals surface area contributed by atoms with Gasteiger partial charge in [0.25, 0.3) is 0 Å². The Morgan fingerprint density at radius 1 is 1.24 bits per heavy atom. The van der Waals surface area contributed by atoms with Gasteiger partial charge in [-0.05, 0) is 28.1 Å². The standard InChI is InChI=1S/C10H9BrFN5/c11-7-8(5-3-1-2-4-6(5)12)15-10(13)16-9(7)17-14/h1-4H,14H2,(H3,13,15,16,17). The lowest BCUT2D eigenvalue weighted by Crippen LogP contribution is -2.12. The Morgan fingerprint density at radius 2 is 1.94 bits per heavy atom. The van der Waals surface area contributed by atoms with E-state index in [0.29, 0.717) is 21.5 Å². The highest BCUT2D eigenvalue weighted by Crippen LogP contribution is 2.32. The zero-order valence-corrected chi connectivity index (χ0v) is 10.2. The molecule has 0 saturated carbocycles. The van der Waals surface area contributed by atoms with E-state index in [2.05, 4.69) is 31.3 Å². The van der Waals surface area contributed by atoms with Gasteiger partial charge in [-0.15, -0.1) is 0 Å². The summed E-state index contributed by atoms with van der Waals surface area (Å²) >= 11 is 3.26. The van der Waals surface area contributed by atoms with Crippen LogP contribution in [0, 0.1) is 5.82 Å². The first-order chi connectivity index (χ1) is 8.13. The molecule has 5 N–H and O–H groups in total. The number of hydrazine groups is 1. The highest BCUT2D eigenvalue weighted by Gasteiger charge is 2.14. The van der Waals surface area contributed by atoms with Gasteiger partial charge >= 0.3 is 0 Å². The van der Waals surface area contributed by atoms with Crippen molar-refractivity contribution in [3.05, 3.63) is 34.6 Å². The Bertz CT molecular complexity index is 560. The number of rotatable bonds is 2. The molecule has 0 spiro atoms. The van der Waals surface area contributed by atoms with Crippen LogP contribution in [0.15, 0.2) is 28.7 Å². The molecule has 0 aliphatic carbocycles. The number of aromatic nitrogens is 2. The number of nitrogens with two attached hydrogens (primary N) is 2. The van der Waals surface area contributed by atoms with Crippen LogP contribution in [-0.4, -0.2) is 9.97 Å². The third kappa shape index (κ3) is 2.20. The van der Waals surface area contributed by atoms with E-state index < -0.39 is 5.82 Å². The normalized spacial score (nSPS) is 10.3. The molecule has 5 nitrogen and oxygen atoms in total. The summed E-state index contributed by atoms with van der Waals surface area (Å²) in [5.74, 6) is 5.21. The molecule has 1 aromatic heterocycles. The lowest BCUT2D eigenvalue weighted by atomic mass is 10.1. The van der Waals surface area contributed by atoms with Crippen molar-refractivity contribution in [2.24, 2.45) is 5.84 Å². The predicted molar refractivity (Wildman–Crippen MR) is 67.3 cm³/mol. The highest BCUT2D eigenvalue weighted by molar-refractivity contribution is 9.10. The first kappa shape index (κ1) is 11.7. The van der Waals surface area contributed by atoms with Gasteiger partial charge < -0.3 is 11.2 Å². The van der Waals surface area contributed by atoms with Crippen LogP contribution in [0.2, 0.25) is 0 Å². The molecule has 0 atom stereocenters. The van der Waals surface area contributed by atoms with E-state index in [1.165, 1.54) is 6.07 Å². The van der Waals surface area contributed by atoms with Gasteiger partial charge in [0.05, 0.1) is 10.2 Å². The molecule has 1 aromatic carbocycles. The molecular formula is C10H9BrFN5. The van der Waals surface area contributed by atoms with Crippen molar-refractivity contribution in [3.63, 3.8) is 0 Å². The first-order valence-corrected chi connectivity index (χ1v) is 5.47. The second-order valence-corrected chi connectivity index (χ2v) is 4.01. The smallest absolute Gasteiger partial charge is 0.222 e. The Labute approximate surface area is 105 Å². The summed E-state index contributed by atoms with van der Waals surface area (Å²) in [4.78, 5) is 7.86. The Morgan fingerprint density at radius 3 is 2.59 bits per heavy atom. The molecule has 0 unspecified atom stereocenters. The molecule has 7 heteroatoms. The number of nitrogens with zero attached hydrogens (tertiary/aromatic N) is 2. The Kier molecular flexibility index (Phi) is 3.21. The minimum Gasteiger partial charge on any atom is -0.368 e. The molecule has 0 aliphatic rings. The van der Waals surface area contributed by atoms with Gasteiger partial charge in [-0.1, -0.05) is 12.1 Å². The van der Waals surface area contributed by atoms with E-state index in [1.807, 2.05) is 0 Å². The summed E-state index contributed by atoms with van der Waals surface area (Å²) in [6.45, 7) is 0. The number of nitrogen functional groups attached to an aromatic ring is 2. The third-order valence-electron chi connectivity index (χ3n) is 2.13. The summed E-state index contributed by atoms with van der Waals surface area (Å²) in [6, 6.07) is 6.25. The second kappa shape index (κ2) is 4.64. The second-order valence-electron chi connectivity index (χ2n) is 3.22. The molecule has 2 rings (SSSR count). The van der Waals surface area contributed by atoms with Crippen molar-refractivity contribution >= 4 is 27.7 Å². The molecule has 0 radical (unpaired) electrons. The molecule has 0 aliphatic heterocycles. The average molecular weight is 298 g/mol. The third-order valence-corrected chi connectivity index (χ3v) is 2.89. The maximum Gasteiger partial charge on any atom is 0.222 e. The van der Waals surface area contributed by atoms with Crippen molar-refractivity contribution < 1.29 is 4.39 Å². The SMILES string of the molecule is NNc1nc(N)nc(-c2ccccc2F)c1Br. The molecule has 0 saturated heterocycles. The molecule has 0 amide bonds. The zero-order valence-electron chi connectivity index (χ0n) is 8.61. The number of anilines is 2. The maximum atomic E-state index is 13.6. The fourth-order valence-electron chi connectivity index (χ4n) is 1.39. The number of halogens is 2. The molecule has 17 heavy (non-hydrogen) atoms. The first-order valence-electron chi connectivity index (χ1n) is 4.68.